The van der Waals surface area contributed by atoms with E-state index in [1.54, 1.807) is 0 Å². The van der Waals surface area contributed by atoms with Crippen LogP contribution < -0.4 is 0 Å². The lowest BCUT2D eigenvalue weighted by Crippen LogP contribution is -2.34. The van der Waals surface area contributed by atoms with Crippen LogP contribution in [0.2, 0.25) is 39.3 Å². The van der Waals surface area contributed by atoms with E-state index >= 15 is 0 Å². The van der Waals surface area contributed by atoms with Crippen LogP contribution in [0, 0.1) is 0 Å². The zero-order chi connectivity index (χ0) is 9.28. The van der Waals surface area contributed by atoms with Crippen molar-refractivity contribution in [3.05, 3.63) is 12.0 Å². The van der Waals surface area contributed by atoms with Crippen molar-refractivity contribution in [3.8, 4) is 0 Å². The van der Waals surface area contributed by atoms with Crippen LogP contribution >= 0.6 is 0 Å². The fourth-order valence-electron chi connectivity index (χ4n) is 0.523. The van der Waals surface area contributed by atoms with Gasteiger partial charge in [-0.25, -0.2) is 0 Å². The lowest BCUT2D eigenvalue weighted by Gasteiger charge is -2.28. The van der Waals surface area contributed by atoms with Gasteiger partial charge in [-0.3, -0.25) is 0 Å². The van der Waals surface area contributed by atoms with Gasteiger partial charge >= 0.3 is 0 Å². The van der Waals surface area contributed by atoms with Crippen molar-refractivity contribution in [1.29, 1.82) is 0 Å². The van der Waals surface area contributed by atoms with Gasteiger partial charge < -0.3 is 4.43 Å². The molecule has 0 spiro atoms. The van der Waals surface area contributed by atoms with Crippen molar-refractivity contribution in [1.82, 2.24) is 0 Å². The fraction of sp³-hybridized carbons (Fsp3) is 0.750. The molecule has 0 bridgehead atoms. The quantitative estimate of drug-likeness (QED) is 0.488. The highest BCUT2D eigenvalue weighted by molar-refractivity contribution is 6.84. The second kappa shape index (κ2) is 3.15. The fourth-order valence-corrected chi connectivity index (χ4v) is 3.41. The monoisotopic (exact) mass is 188 g/mol. The molecule has 0 radical (unpaired) electrons. The summed E-state index contributed by atoms with van der Waals surface area (Å²) < 4.78 is 5.81. The normalized spacial score (nSPS) is 12.9. The Morgan fingerprint density at radius 1 is 1.00 bits per heavy atom. The zero-order valence-electron chi connectivity index (χ0n) is 8.62. The molecule has 0 unspecified atom stereocenters. The topological polar surface area (TPSA) is 9.23 Å². The average Bonchev–Trinajstić information content (AvgIpc) is 1.56. The average molecular weight is 188 g/mol. The molecule has 0 saturated heterocycles. The molecular formula is C8H20OSi2. The number of rotatable bonds is 3. The molecule has 0 aromatic carbocycles. The molecule has 0 atom stereocenters. The van der Waals surface area contributed by atoms with Gasteiger partial charge in [-0.15, -0.1) is 0 Å². The van der Waals surface area contributed by atoms with Crippen LogP contribution in [0.25, 0.3) is 0 Å². The van der Waals surface area contributed by atoms with Crippen LogP contribution in [0.4, 0.5) is 0 Å². The first-order valence-corrected chi connectivity index (χ1v) is 10.9. The second-order valence-electron chi connectivity index (χ2n) is 4.89. The third kappa shape index (κ3) is 5.27. The van der Waals surface area contributed by atoms with Crippen LogP contribution in [0.15, 0.2) is 12.0 Å². The lowest BCUT2D eigenvalue weighted by molar-refractivity contribution is 0.455. The van der Waals surface area contributed by atoms with Crippen molar-refractivity contribution < 1.29 is 4.43 Å². The summed E-state index contributed by atoms with van der Waals surface area (Å²) in [5.74, 6) is 0. The van der Waals surface area contributed by atoms with E-state index in [4.69, 9.17) is 4.43 Å². The Balaban J connectivity index is 4.11. The Labute approximate surface area is 72.6 Å². The van der Waals surface area contributed by atoms with E-state index in [1.165, 1.54) is 0 Å². The largest absolute Gasteiger partial charge is 0.552 e. The van der Waals surface area contributed by atoms with E-state index in [1.807, 2.05) is 0 Å². The van der Waals surface area contributed by atoms with Crippen molar-refractivity contribution in [2.24, 2.45) is 0 Å². The van der Waals surface area contributed by atoms with Crippen LogP contribution in [-0.4, -0.2) is 16.4 Å². The summed E-state index contributed by atoms with van der Waals surface area (Å²) >= 11 is 0. The molecule has 0 heterocycles. The van der Waals surface area contributed by atoms with Gasteiger partial charge in [-0.1, -0.05) is 26.2 Å². The second-order valence-corrected chi connectivity index (χ2v) is 14.4. The van der Waals surface area contributed by atoms with Gasteiger partial charge in [0.15, 0.2) is 0 Å². The Bertz CT molecular complexity index is 150. The van der Waals surface area contributed by atoms with Crippen LogP contribution in [0.1, 0.15) is 0 Å². The van der Waals surface area contributed by atoms with Crippen molar-refractivity contribution >= 4 is 16.4 Å². The summed E-state index contributed by atoms with van der Waals surface area (Å²) in [7, 11) is -2.65. The molecule has 0 rings (SSSR count). The molecule has 66 valence electrons. The number of hydrogen-bond acceptors (Lipinski definition) is 1. The lowest BCUT2D eigenvalue weighted by atomic mass is 11.1. The third-order valence-corrected chi connectivity index (χ3v) is 4.10. The summed E-state index contributed by atoms with van der Waals surface area (Å²) in [6.45, 7) is 17.3. The van der Waals surface area contributed by atoms with Crippen molar-refractivity contribution in [3.63, 3.8) is 0 Å². The SMILES string of the molecule is C=C(O[Si](C)(C)C)[Si](C)(C)C. The number of hydrogen-bond donors (Lipinski definition) is 0. The first-order valence-electron chi connectivity index (χ1n) is 4.01. The van der Waals surface area contributed by atoms with Gasteiger partial charge in [0.25, 0.3) is 0 Å². The van der Waals surface area contributed by atoms with E-state index in [2.05, 4.69) is 45.9 Å². The van der Waals surface area contributed by atoms with Crippen LogP contribution in [0.3, 0.4) is 0 Å². The molecule has 1 nitrogen and oxygen atoms in total. The minimum absolute atomic E-state index is 1.05. The van der Waals surface area contributed by atoms with Crippen molar-refractivity contribution in [2.75, 3.05) is 0 Å². The molecule has 0 aromatic heterocycles. The molecule has 0 aliphatic heterocycles. The summed E-state index contributed by atoms with van der Waals surface area (Å²) in [4.78, 5) is 0. The Kier molecular flexibility index (Phi) is 3.14. The standard InChI is InChI=1S/C8H20OSi2/c1-8(10(2,3)4)9-11(5,6)7/h1H2,2-7H3. The third-order valence-electron chi connectivity index (χ3n) is 1.27. The van der Waals surface area contributed by atoms with E-state index in [0.29, 0.717) is 0 Å². The smallest absolute Gasteiger partial charge is 0.241 e. The first-order chi connectivity index (χ1) is 4.63. The molecule has 0 fully saturated rings. The highest BCUT2D eigenvalue weighted by Crippen LogP contribution is 2.18. The van der Waals surface area contributed by atoms with E-state index < -0.39 is 16.4 Å². The molecule has 0 aromatic rings. The molecule has 0 saturated carbocycles. The minimum atomic E-state index is -1.39. The van der Waals surface area contributed by atoms with Gasteiger partial charge in [0, 0.05) is 0 Å². The van der Waals surface area contributed by atoms with E-state index in [-0.39, 0.29) is 0 Å². The molecule has 11 heavy (non-hydrogen) atoms. The van der Waals surface area contributed by atoms with Crippen LogP contribution in [0.5, 0.6) is 0 Å². The van der Waals surface area contributed by atoms with Crippen LogP contribution in [-0.2, 0) is 4.43 Å². The van der Waals surface area contributed by atoms with Gasteiger partial charge in [0.1, 0.15) is 8.07 Å². The van der Waals surface area contributed by atoms with Gasteiger partial charge in [0.2, 0.25) is 8.32 Å². The summed E-state index contributed by atoms with van der Waals surface area (Å²) in [5.41, 5.74) is 0. The highest BCUT2D eigenvalue weighted by atomic mass is 28.4. The van der Waals surface area contributed by atoms with Gasteiger partial charge in [-0.2, -0.15) is 0 Å². The molecular weight excluding hydrogens is 168 g/mol. The van der Waals surface area contributed by atoms with Crippen molar-refractivity contribution in [2.45, 2.75) is 39.3 Å². The summed E-state index contributed by atoms with van der Waals surface area (Å²) in [6.07, 6.45) is 0. The predicted molar refractivity (Wildman–Crippen MR) is 56.9 cm³/mol. The maximum absolute atomic E-state index is 5.81. The first kappa shape index (κ1) is 11.0. The molecule has 0 aliphatic carbocycles. The predicted octanol–water partition coefficient (Wildman–Crippen LogP) is 3.23. The van der Waals surface area contributed by atoms with E-state index in [0.717, 1.165) is 5.38 Å². The van der Waals surface area contributed by atoms with Gasteiger partial charge in [-0.05, 0) is 19.6 Å². The summed E-state index contributed by atoms with van der Waals surface area (Å²) in [6, 6.07) is 0. The minimum Gasteiger partial charge on any atom is -0.552 e. The maximum atomic E-state index is 5.81. The van der Waals surface area contributed by atoms with E-state index in [9.17, 15) is 0 Å². The highest BCUT2D eigenvalue weighted by Gasteiger charge is 2.25. The molecule has 0 amide bonds. The molecule has 0 N–H and O–H groups in total. The molecule has 0 aliphatic rings. The Morgan fingerprint density at radius 3 is 1.45 bits per heavy atom. The maximum Gasteiger partial charge on any atom is 0.241 e. The summed E-state index contributed by atoms with van der Waals surface area (Å²) in [5, 5.41) is 1.05. The van der Waals surface area contributed by atoms with Gasteiger partial charge in [0.05, 0.1) is 5.38 Å². The molecule has 3 heteroatoms. The Hall–Kier alpha value is -0.0262. The Morgan fingerprint density at radius 2 is 1.36 bits per heavy atom. The zero-order valence-corrected chi connectivity index (χ0v) is 10.6.